The van der Waals surface area contributed by atoms with E-state index in [0.29, 0.717) is 6.07 Å². The van der Waals surface area contributed by atoms with E-state index >= 15 is 0 Å². The van der Waals surface area contributed by atoms with Gasteiger partial charge in [0.15, 0.2) is 0 Å². The van der Waals surface area contributed by atoms with E-state index in [-0.39, 0.29) is 16.3 Å². The van der Waals surface area contributed by atoms with E-state index in [1.807, 2.05) is 0 Å². The summed E-state index contributed by atoms with van der Waals surface area (Å²) in [6.07, 6.45) is -7.18. The SMILES string of the molecule is Cn1nc(OS(=O)(=O)C(F)(F)C(F)(F)C(F)(F)C(F)(F)F)cc1-c1ccc(Cl)cc1. The highest BCUT2D eigenvalue weighted by Crippen LogP contribution is 2.54. The quantitative estimate of drug-likeness (QED) is 0.428. The van der Waals surface area contributed by atoms with Gasteiger partial charge in [-0.2, -0.15) is 47.9 Å². The van der Waals surface area contributed by atoms with Crippen molar-refractivity contribution in [2.75, 3.05) is 0 Å². The number of benzene rings is 1. The zero-order valence-corrected chi connectivity index (χ0v) is 15.8. The lowest BCUT2D eigenvalue weighted by molar-refractivity contribution is -0.382. The smallest absolute Gasteiger partial charge is 0.356 e. The molecule has 5 nitrogen and oxygen atoms in total. The minimum absolute atomic E-state index is 0.0208. The first-order valence-electron chi connectivity index (χ1n) is 7.29. The molecule has 0 N–H and O–H groups in total. The Morgan fingerprint density at radius 1 is 0.933 bits per heavy atom. The van der Waals surface area contributed by atoms with Crippen molar-refractivity contribution in [3.05, 3.63) is 35.4 Å². The summed E-state index contributed by atoms with van der Waals surface area (Å²) < 4.78 is 144. The standard InChI is InChI=1S/C14H8ClF9N2O3S/c1-26-9(7-2-4-8(15)5-3-7)6-10(25-26)29-30(27,28)14(23,24)12(18,19)11(16,17)13(20,21)22/h2-6H,1H3. The molecule has 0 aliphatic carbocycles. The third-order valence-corrected chi connectivity index (χ3v) is 5.15. The van der Waals surface area contributed by atoms with Crippen LogP contribution in [0.25, 0.3) is 11.3 Å². The summed E-state index contributed by atoms with van der Waals surface area (Å²) in [6.45, 7) is 0. The molecule has 1 aromatic carbocycles. The minimum atomic E-state index is -7.40. The molecule has 0 spiro atoms. The molecule has 1 heterocycles. The molecular weight excluding hydrogens is 483 g/mol. The Hall–Kier alpha value is -2.16. The van der Waals surface area contributed by atoms with Crippen LogP contribution in [-0.4, -0.2) is 41.5 Å². The van der Waals surface area contributed by atoms with E-state index in [4.69, 9.17) is 11.6 Å². The van der Waals surface area contributed by atoms with Crippen molar-refractivity contribution in [2.45, 2.75) is 23.3 Å². The zero-order chi connectivity index (χ0) is 23.3. The largest absolute Gasteiger partial charge is 0.460 e. The van der Waals surface area contributed by atoms with Gasteiger partial charge in [0.1, 0.15) is 0 Å². The number of alkyl halides is 9. The van der Waals surface area contributed by atoms with Crippen molar-refractivity contribution in [3.8, 4) is 17.1 Å². The molecular formula is C14H8ClF9N2O3S. The van der Waals surface area contributed by atoms with Gasteiger partial charge in [0, 0.05) is 23.7 Å². The second kappa shape index (κ2) is 7.21. The highest BCUT2D eigenvalue weighted by molar-refractivity contribution is 7.88. The number of hydrogen-bond donors (Lipinski definition) is 0. The molecule has 0 radical (unpaired) electrons. The van der Waals surface area contributed by atoms with Gasteiger partial charge in [-0.05, 0) is 12.1 Å². The molecule has 0 saturated carbocycles. The van der Waals surface area contributed by atoms with Crippen LogP contribution in [-0.2, 0) is 17.2 Å². The average molecular weight is 491 g/mol. The van der Waals surface area contributed by atoms with Crippen LogP contribution in [0.3, 0.4) is 0 Å². The van der Waals surface area contributed by atoms with E-state index in [1.54, 1.807) is 0 Å². The fourth-order valence-electron chi connectivity index (χ4n) is 2.05. The van der Waals surface area contributed by atoms with Gasteiger partial charge >= 0.3 is 33.4 Å². The van der Waals surface area contributed by atoms with Crippen LogP contribution < -0.4 is 4.18 Å². The predicted octanol–water partition coefficient (Wildman–Crippen LogP) is 4.87. The zero-order valence-electron chi connectivity index (χ0n) is 14.2. The van der Waals surface area contributed by atoms with Gasteiger partial charge in [0.05, 0.1) is 5.69 Å². The van der Waals surface area contributed by atoms with Crippen molar-refractivity contribution in [3.63, 3.8) is 0 Å². The number of rotatable bonds is 6. The minimum Gasteiger partial charge on any atom is -0.356 e. The Bertz CT molecular complexity index is 1030. The van der Waals surface area contributed by atoms with Crippen LogP contribution in [0, 0.1) is 0 Å². The Morgan fingerprint density at radius 3 is 1.90 bits per heavy atom. The third kappa shape index (κ3) is 3.79. The molecule has 0 unspecified atom stereocenters. The monoisotopic (exact) mass is 490 g/mol. The fraction of sp³-hybridized carbons (Fsp3) is 0.357. The van der Waals surface area contributed by atoms with Crippen LogP contribution in [0.5, 0.6) is 5.88 Å². The highest BCUT2D eigenvalue weighted by Gasteiger charge is 2.86. The Balaban J connectivity index is 2.43. The molecule has 2 rings (SSSR count). The van der Waals surface area contributed by atoms with Gasteiger partial charge in [-0.15, -0.1) is 5.10 Å². The Labute approximate surface area is 167 Å². The van der Waals surface area contributed by atoms with Crippen LogP contribution in [0.2, 0.25) is 5.02 Å². The van der Waals surface area contributed by atoms with E-state index in [9.17, 15) is 47.9 Å². The first kappa shape index (κ1) is 24.1. The van der Waals surface area contributed by atoms with E-state index in [0.717, 1.165) is 11.7 Å². The highest BCUT2D eigenvalue weighted by atomic mass is 35.5. The van der Waals surface area contributed by atoms with Crippen LogP contribution >= 0.6 is 11.6 Å². The Morgan fingerprint density at radius 2 is 1.43 bits per heavy atom. The second-order valence-corrected chi connectivity index (χ2v) is 7.72. The van der Waals surface area contributed by atoms with Crippen molar-refractivity contribution in [1.29, 1.82) is 0 Å². The van der Waals surface area contributed by atoms with Gasteiger partial charge < -0.3 is 4.18 Å². The van der Waals surface area contributed by atoms with Crippen LogP contribution in [0.1, 0.15) is 0 Å². The lowest BCUT2D eigenvalue weighted by Crippen LogP contribution is -2.63. The molecule has 0 atom stereocenters. The van der Waals surface area contributed by atoms with Gasteiger partial charge in [-0.1, -0.05) is 23.7 Å². The maximum absolute atomic E-state index is 13.7. The summed E-state index contributed by atoms with van der Waals surface area (Å²) in [5, 5.41) is -3.40. The molecule has 0 bridgehead atoms. The van der Waals surface area contributed by atoms with E-state index in [1.165, 1.54) is 24.3 Å². The fourth-order valence-corrected chi connectivity index (χ4v) is 3.03. The van der Waals surface area contributed by atoms with E-state index in [2.05, 4.69) is 9.28 Å². The maximum Gasteiger partial charge on any atom is 0.460 e. The lowest BCUT2D eigenvalue weighted by atomic mass is 10.1. The topological polar surface area (TPSA) is 61.2 Å². The van der Waals surface area contributed by atoms with Crippen molar-refractivity contribution in [2.24, 2.45) is 7.05 Å². The molecule has 16 heteroatoms. The summed E-state index contributed by atoms with van der Waals surface area (Å²) in [5.74, 6) is -16.1. The van der Waals surface area contributed by atoms with Gasteiger partial charge in [-0.25, -0.2) is 0 Å². The normalized spacial score (nSPS) is 14.1. The molecule has 0 fully saturated rings. The van der Waals surface area contributed by atoms with Gasteiger partial charge in [0.2, 0.25) is 0 Å². The average Bonchev–Trinajstić information content (AvgIpc) is 2.93. The predicted molar refractivity (Wildman–Crippen MR) is 84.1 cm³/mol. The lowest BCUT2D eigenvalue weighted by Gasteiger charge is -2.32. The van der Waals surface area contributed by atoms with Gasteiger partial charge in [-0.3, -0.25) is 4.68 Å². The first-order chi connectivity index (χ1) is 13.3. The summed E-state index contributed by atoms with van der Waals surface area (Å²) in [5.41, 5.74) is 0.245. The molecule has 0 saturated heterocycles. The number of aryl methyl sites for hydroxylation is 1. The second-order valence-electron chi connectivity index (χ2n) is 5.70. The third-order valence-electron chi connectivity index (χ3n) is 3.62. The molecule has 0 aliphatic heterocycles. The summed E-state index contributed by atoms with van der Waals surface area (Å²) in [7, 11) is -5.92. The summed E-state index contributed by atoms with van der Waals surface area (Å²) in [6, 6.07) is 6.12. The molecule has 168 valence electrons. The summed E-state index contributed by atoms with van der Waals surface area (Å²) in [4.78, 5) is 0. The van der Waals surface area contributed by atoms with Gasteiger partial charge in [0.25, 0.3) is 5.88 Å². The van der Waals surface area contributed by atoms with Crippen molar-refractivity contribution >= 4 is 21.7 Å². The number of aromatic nitrogens is 2. The van der Waals surface area contributed by atoms with Crippen LogP contribution in [0.4, 0.5) is 39.5 Å². The molecule has 1 aromatic heterocycles. The number of nitrogens with zero attached hydrogens (tertiary/aromatic N) is 2. The van der Waals surface area contributed by atoms with E-state index < -0.39 is 39.3 Å². The maximum atomic E-state index is 13.7. The van der Waals surface area contributed by atoms with Crippen LogP contribution in [0.15, 0.2) is 30.3 Å². The molecule has 2 aromatic rings. The van der Waals surface area contributed by atoms with Crippen molar-refractivity contribution in [1.82, 2.24) is 9.78 Å². The number of hydrogen-bond acceptors (Lipinski definition) is 4. The number of halogens is 10. The molecule has 30 heavy (non-hydrogen) atoms. The summed E-state index contributed by atoms with van der Waals surface area (Å²) >= 11 is 5.67. The molecule has 0 amide bonds. The first-order valence-corrected chi connectivity index (χ1v) is 9.08. The molecule has 0 aliphatic rings. The Kier molecular flexibility index (Phi) is 5.80. The van der Waals surface area contributed by atoms with Crippen molar-refractivity contribution < 1.29 is 52.1 Å².